The monoisotopic (exact) mass is 408 g/mol. The summed E-state index contributed by atoms with van der Waals surface area (Å²) in [7, 11) is 0. The lowest BCUT2D eigenvalue weighted by atomic mass is 9.95. The molecule has 1 saturated heterocycles. The van der Waals surface area contributed by atoms with Crippen molar-refractivity contribution >= 4 is 0 Å². The summed E-state index contributed by atoms with van der Waals surface area (Å²) in [6.45, 7) is 8.15. The van der Waals surface area contributed by atoms with E-state index in [9.17, 15) is 13.2 Å². The Labute approximate surface area is 169 Å². The maximum absolute atomic E-state index is 13.0. The number of nitrogens with one attached hydrogen (secondary N) is 1. The highest BCUT2D eigenvalue weighted by atomic mass is 19.4. The lowest BCUT2D eigenvalue weighted by Gasteiger charge is -2.36. The highest BCUT2D eigenvalue weighted by molar-refractivity contribution is 5.46. The summed E-state index contributed by atoms with van der Waals surface area (Å²) in [6, 6.07) is 11.1. The molecule has 1 unspecified atom stereocenters. The summed E-state index contributed by atoms with van der Waals surface area (Å²) in [5.74, 6) is 1.32. The molecule has 1 aliphatic rings. The molecule has 4 nitrogen and oxygen atoms in total. The average Bonchev–Trinajstić information content (AvgIpc) is 2.71. The van der Waals surface area contributed by atoms with Gasteiger partial charge in [-0.15, -0.1) is 0 Å². The molecular weight excluding hydrogens is 381 g/mol. The molecule has 29 heavy (non-hydrogen) atoms. The smallest absolute Gasteiger partial charge is 0.416 e. The van der Waals surface area contributed by atoms with Crippen LogP contribution in [0.3, 0.4) is 0 Å². The standard InChI is InChI=1S/C22H27F3N2O2/c1-3-28-19-10-7-17(15-20(19)29-4-2)21(27-13-11-26-12-14-27)16-5-8-18(9-6-16)22(23,24)25/h5-10,15,21,26H,3-4,11-14H2,1-2H3. The number of nitrogens with zero attached hydrogens (tertiary/aromatic N) is 1. The summed E-state index contributed by atoms with van der Waals surface area (Å²) < 4.78 is 50.4. The van der Waals surface area contributed by atoms with Crippen LogP contribution in [0.25, 0.3) is 0 Å². The van der Waals surface area contributed by atoms with E-state index in [4.69, 9.17) is 9.47 Å². The van der Waals surface area contributed by atoms with Crippen LogP contribution in [-0.2, 0) is 6.18 Å². The number of hydrogen-bond acceptors (Lipinski definition) is 4. The van der Waals surface area contributed by atoms with E-state index in [0.29, 0.717) is 24.7 Å². The molecule has 3 rings (SSSR count). The molecule has 1 atom stereocenters. The zero-order valence-corrected chi connectivity index (χ0v) is 16.8. The van der Waals surface area contributed by atoms with Crippen LogP contribution in [0.15, 0.2) is 42.5 Å². The van der Waals surface area contributed by atoms with Gasteiger partial charge in [0, 0.05) is 26.2 Å². The number of piperazine rings is 1. The molecule has 1 heterocycles. The molecule has 0 aliphatic carbocycles. The highest BCUT2D eigenvalue weighted by Gasteiger charge is 2.31. The van der Waals surface area contributed by atoms with E-state index >= 15 is 0 Å². The summed E-state index contributed by atoms with van der Waals surface area (Å²) in [5, 5.41) is 3.32. The van der Waals surface area contributed by atoms with Crippen molar-refractivity contribution in [2.75, 3.05) is 39.4 Å². The largest absolute Gasteiger partial charge is 0.490 e. The Morgan fingerprint density at radius 2 is 1.48 bits per heavy atom. The van der Waals surface area contributed by atoms with Crippen LogP contribution < -0.4 is 14.8 Å². The molecular formula is C22H27F3N2O2. The van der Waals surface area contributed by atoms with Gasteiger partial charge in [-0.1, -0.05) is 18.2 Å². The predicted octanol–water partition coefficient (Wildman–Crippen LogP) is 4.50. The summed E-state index contributed by atoms with van der Waals surface area (Å²) in [6.07, 6.45) is -4.34. The predicted molar refractivity (Wildman–Crippen MR) is 107 cm³/mol. The summed E-state index contributed by atoms with van der Waals surface area (Å²) >= 11 is 0. The first kappa shape index (κ1) is 21.5. The molecule has 7 heteroatoms. The Hall–Kier alpha value is -2.25. The van der Waals surface area contributed by atoms with Gasteiger partial charge < -0.3 is 14.8 Å². The van der Waals surface area contributed by atoms with E-state index in [1.54, 1.807) is 12.1 Å². The third-order valence-electron chi connectivity index (χ3n) is 4.95. The Morgan fingerprint density at radius 3 is 2.07 bits per heavy atom. The van der Waals surface area contributed by atoms with E-state index in [1.165, 1.54) is 0 Å². The Bertz CT molecular complexity index is 788. The third-order valence-corrected chi connectivity index (χ3v) is 4.95. The summed E-state index contributed by atoms with van der Waals surface area (Å²) in [5.41, 5.74) is 1.16. The fraction of sp³-hybridized carbons (Fsp3) is 0.455. The van der Waals surface area contributed by atoms with Crippen LogP contribution in [0, 0.1) is 0 Å². The maximum Gasteiger partial charge on any atom is 0.416 e. The van der Waals surface area contributed by atoms with Crippen molar-refractivity contribution in [2.24, 2.45) is 0 Å². The molecule has 0 bridgehead atoms. The Balaban J connectivity index is 2.00. The minimum atomic E-state index is -4.34. The van der Waals surface area contributed by atoms with Crippen LogP contribution in [0.4, 0.5) is 13.2 Å². The first-order valence-electron chi connectivity index (χ1n) is 9.95. The van der Waals surface area contributed by atoms with Gasteiger partial charge in [-0.2, -0.15) is 13.2 Å². The topological polar surface area (TPSA) is 33.7 Å². The minimum Gasteiger partial charge on any atom is -0.490 e. The fourth-order valence-electron chi connectivity index (χ4n) is 3.65. The van der Waals surface area contributed by atoms with Crippen LogP contribution >= 0.6 is 0 Å². The molecule has 2 aromatic rings. The molecule has 1 N–H and O–H groups in total. The van der Waals surface area contributed by atoms with E-state index < -0.39 is 11.7 Å². The lowest BCUT2D eigenvalue weighted by molar-refractivity contribution is -0.137. The van der Waals surface area contributed by atoms with Crippen molar-refractivity contribution in [3.05, 3.63) is 59.2 Å². The van der Waals surface area contributed by atoms with E-state index in [-0.39, 0.29) is 6.04 Å². The number of hydrogen-bond donors (Lipinski definition) is 1. The fourth-order valence-corrected chi connectivity index (χ4v) is 3.65. The third kappa shape index (κ3) is 5.22. The number of benzene rings is 2. The number of ether oxygens (including phenoxy) is 2. The van der Waals surface area contributed by atoms with Gasteiger partial charge in [0.25, 0.3) is 0 Å². The van der Waals surface area contributed by atoms with Crippen molar-refractivity contribution in [3.63, 3.8) is 0 Å². The van der Waals surface area contributed by atoms with Crippen LogP contribution in [0.2, 0.25) is 0 Å². The van der Waals surface area contributed by atoms with Crippen molar-refractivity contribution in [1.29, 1.82) is 0 Å². The van der Waals surface area contributed by atoms with Gasteiger partial charge in [0.1, 0.15) is 0 Å². The first-order chi connectivity index (χ1) is 13.9. The van der Waals surface area contributed by atoms with Gasteiger partial charge in [-0.3, -0.25) is 4.90 Å². The van der Waals surface area contributed by atoms with Crippen molar-refractivity contribution in [2.45, 2.75) is 26.1 Å². The molecule has 2 aromatic carbocycles. The van der Waals surface area contributed by atoms with E-state index in [2.05, 4.69) is 10.2 Å². The molecule has 0 amide bonds. The van der Waals surface area contributed by atoms with Gasteiger partial charge in [0.15, 0.2) is 11.5 Å². The van der Waals surface area contributed by atoms with Crippen molar-refractivity contribution in [3.8, 4) is 11.5 Å². The second-order valence-electron chi connectivity index (χ2n) is 6.88. The maximum atomic E-state index is 13.0. The second kappa shape index (κ2) is 9.50. The molecule has 0 spiro atoms. The molecule has 1 aliphatic heterocycles. The number of halogens is 3. The highest BCUT2D eigenvalue weighted by Crippen LogP contribution is 2.37. The quantitative estimate of drug-likeness (QED) is 0.732. The normalized spacial score (nSPS) is 16.4. The van der Waals surface area contributed by atoms with Crippen molar-refractivity contribution in [1.82, 2.24) is 10.2 Å². The second-order valence-corrected chi connectivity index (χ2v) is 6.88. The lowest BCUT2D eigenvalue weighted by Crippen LogP contribution is -2.45. The zero-order chi connectivity index (χ0) is 20.9. The molecule has 0 aromatic heterocycles. The minimum absolute atomic E-state index is 0.158. The van der Waals surface area contributed by atoms with Crippen LogP contribution in [-0.4, -0.2) is 44.3 Å². The Morgan fingerprint density at radius 1 is 0.897 bits per heavy atom. The van der Waals surface area contributed by atoms with E-state index in [1.807, 2.05) is 32.0 Å². The van der Waals surface area contributed by atoms with Gasteiger partial charge in [0.05, 0.1) is 24.8 Å². The summed E-state index contributed by atoms with van der Waals surface area (Å²) in [4.78, 5) is 2.28. The van der Waals surface area contributed by atoms with Gasteiger partial charge in [-0.25, -0.2) is 0 Å². The van der Waals surface area contributed by atoms with Gasteiger partial charge in [0.2, 0.25) is 0 Å². The molecule has 1 fully saturated rings. The van der Waals surface area contributed by atoms with E-state index in [0.717, 1.165) is 49.4 Å². The van der Waals surface area contributed by atoms with Crippen LogP contribution in [0.1, 0.15) is 36.6 Å². The van der Waals surface area contributed by atoms with Gasteiger partial charge in [-0.05, 0) is 49.2 Å². The SMILES string of the molecule is CCOc1ccc(C(c2ccc(C(F)(F)F)cc2)N2CCNCC2)cc1OCC. The first-order valence-corrected chi connectivity index (χ1v) is 9.95. The van der Waals surface area contributed by atoms with Crippen LogP contribution in [0.5, 0.6) is 11.5 Å². The average molecular weight is 408 g/mol. The molecule has 0 radical (unpaired) electrons. The molecule has 158 valence electrons. The Kier molecular flexibility index (Phi) is 7.03. The van der Waals surface area contributed by atoms with Gasteiger partial charge >= 0.3 is 6.18 Å². The number of rotatable bonds is 7. The van der Waals surface area contributed by atoms with Crippen molar-refractivity contribution < 1.29 is 22.6 Å². The molecule has 0 saturated carbocycles. The zero-order valence-electron chi connectivity index (χ0n) is 16.8. The number of alkyl halides is 3.